The maximum Gasteiger partial charge on any atom is 0.333 e. The van der Waals surface area contributed by atoms with E-state index >= 15 is 0 Å². The van der Waals surface area contributed by atoms with E-state index in [0.29, 0.717) is 13.2 Å². The molecule has 4 rings (SSSR count). The smallest absolute Gasteiger partial charge is 0.333 e. The van der Waals surface area contributed by atoms with Crippen molar-refractivity contribution >= 4 is 28.9 Å². The molecule has 13 heteroatoms. The number of rotatable bonds is 10. The molecule has 1 amide bonds. The number of benzene rings is 1. The van der Waals surface area contributed by atoms with Crippen LogP contribution in [0, 0.1) is 0 Å². The molecule has 0 aliphatic carbocycles. The van der Waals surface area contributed by atoms with E-state index in [2.05, 4.69) is 20.0 Å². The number of methoxy groups -OCH3 is 1. The zero-order valence-corrected chi connectivity index (χ0v) is 18.7. The lowest BCUT2D eigenvalue weighted by atomic mass is 10.2. The summed E-state index contributed by atoms with van der Waals surface area (Å²) in [5, 5.41) is 5.89. The predicted octanol–water partition coefficient (Wildman–Crippen LogP) is 0.224. The lowest BCUT2D eigenvalue weighted by Crippen LogP contribution is -2.43. The normalized spacial score (nSPS) is 11.0. The van der Waals surface area contributed by atoms with Crippen LogP contribution in [0.2, 0.25) is 0 Å². The van der Waals surface area contributed by atoms with E-state index in [-0.39, 0.29) is 23.5 Å². The average Bonchev–Trinajstić information content (AvgIpc) is 3.52. The minimum absolute atomic E-state index is 0.132. The number of aromatic nitrogens is 5. The zero-order chi connectivity index (χ0) is 24.8. The molecule has 13 nitrogen and oxygen atoms in total. The molecule has 0 saturated heterocycles. The summed E-state index contributed by atoms with van der Waals surface area (Å²) in [7, 11) is 1.53. The minimum atomic E-state index is -0.937. The van der Waals surface area contributed by atoms with Gasteiger partial charge in [-0.3, -0.25) is 19.0 Å². The molecule has 0 aliphatic heterocycles. The summed E-state index contributed by atoms with van der Waals surface area (Å²) in [4.78, 5) is 55.1. The molecule has 35 heavy (non-hydrogen) atoms. The lowest BCUT2D eigenvalue weighted by molar-refractivity contribution is -0.148. The molecule has 0 unspecified atom stereocenters. The Morgan fingerprint density at radius 2 is 1.91 bits per heavy atom. The van der Waals surface area contributed by atoms with Crippen molar-refractivity contribution in [3.63, 3.8) is 0 Å². The molecule has 182 valence electrons. The third-order valence-corrected chi connectivity index (χ3v) is 5.06. The highest BCUT2D eigenvalue weighted by Crippen LogP contribution is 2.10. The number of fused-ring (bicyclic) bond motifs is 1. The van der Waals surface area contributed by atoms with Gasteiger partial charge in [0.25, 0.3) is 11.5 Å². The van der Waals surface area contributed by atoms with Gasteiger partial charge in [0.1, 0.15) is 12.8 Å². The Morgan fingerprint density at radius 1 is 1.11 bits per heavy atom. The topological polar surface area (TPSA) is 152 Å². The van der Waals surface area contributed by atoms with Crippen LogP contribution in [0.1, 0.15) is 5.56 Å². The van der Waals surface area contributed by atoms with E-state index < -0.39 is 36.3 Å². The van der Waals surface area contributed by atoms with Gasteiger partial charge in [-0.05, 0) is 5.56 Å². The highest BCUT2D eigenvalue weighted by atomic mass is 16.5. The largest absolute Gasteiger partial charge is 0.454 e. The monoisotopic (exact) mass is 482 g/mol. The van der Waals surface area contributed by atoms with Gasteiger partial charge in [-0.15, -0.1) is 0 Å². The van der Waals surface area contributed by atoms with Crippen LogP contribution < -0.4 is 16.6 Å². The first kappa shape index (κ1) is 23.6. The van der Waals surface area contributed by atoms with E-state index in [0.717, 1.165) is 10.1 Å². The summed E-state index contributed by atoms with van der Waals surface area (Å²) in [6.07, 6.45) is 2.71. The Balaban J connectivity index is 1.63. The maximum atomic E-state index is 13.3. The van der Waals surface area contributed by atoms with Gasteiger partial charge in [-0.2, -0.15) is 0 Å². The van der Waals surface area contributed by atoms with Gasteiger partial charge in [0.15, 0.2) is 23.6 Å². The van der Waals surface area contributed by atoms with Crippen molar-refractivity contribution in [2.24, 2.45) is 0 Å². The van der Waals surface area contributed by atoms with E-state index in [4.69, 9.17) is 9.47 Å². The second-order valence-corrected chi connectivity index (χ2v) is 7.44. The number of nitrogens with one attached hydrogen (secondary N) is 1. The molecule has 0 saturated carbocycles. The molecule has 1 N–H and O–H groups in total. The molecule has 4 aromatic rings. The van der Waals surface area contributed by atoms with Crippen LogP contribution in [0.25, 0.3) is 11.2 Å². The molecule has 0 atom stereocenters. The van der Waals surface area contributed by atoms with E-state index in [1.807, 2.05) is 30.3 Å². The standard InChI is InChI=1S/C22H22N6O7/c1-33-10-8-26-14-23-20-19(26)21(31)28(22(32)27(20)11-15-5-3-2-4-6-15)12-18(30)34-13-17(29)24-16-7-9-35-25-16/h2-7,9,14H,8,10-13H2,1H3,(H,24,25,29). The maximum absolute atomic E-state index is 13.3. The molecule has 3 heterocycles. The Hall–Kier alpha value is -4.52. The zero-order valence-electron chi connectivity index (χ0n) is 18.7. The van der Waals surface area contributed by atoms with Gasteiger partial charge in [0.2, 0.25) is 0 Å². The highest BCUT2D eigenvalue weighted by molar-refractivity contribution is 5.91. The summed E-state index contributed by atoms with van der Waals surface area (Å²) in [5.41, 5.74) is -0.287. The third-order valence-electron chi connectivity index (χ3n) is 5.06. The number of anilines is 1. The molecular weight excluding hydrogens is 460 g/mol. The number of hydrogen-bond acceptors (Lipinski definition) is 9. The second kappa shape index (κ2) is 10.6. The SMILES string of the molecule is COCCn1cnc2c1c(=O)n(CC(=O)OCC(=O)Nc1ccon1)c(=O)n2Cc1ccccc1. The van der Waals surface area contributed by atoms with Crippen LogP contribution >= 0.6 is 0 Å². The lowest BCUT2D eigenvalue weighted by Gasteiger charge is -2.12. The summed E-state index contributed by atoms with van der Waals surface area (Å²) >= 11 is 0. The third kappa shape index (κ3) is 5.35. The summed E-state index contributed by atoms with van der Waals surface area (Å²) in [5.74, 6) is -1.44. The van der Waals surface area contributed by atoms with Crippen LogP contribution in [0.4, 0.5) is 5.82 Å². The number of ether oxygens (including phenoxy) is 2. The van der Waals surface area contributed by atoms with E-state index in [1.165, 1.54) is 30.3 Å². The summed E-state index contributed by atoms with van der Waals surface area (Å²) in [6, 6.07) is 10.6. The first-order chi connectivity index (χ1) is 17.0. The van der Waals surface area contributed by atoms with E-state index in [1.54, 1.807) is 4.57 Å². The Labute approximate surface area is 197 Å². The minimum Gasteiger partial charge on any atom is -0.454 e. The second-order valence-electron chi connectivity index (χ2n) is 7.44. The Kier molecular flexibility index (Phi) is 7.16. The molecule has 0 spiro atoms. The van der Waals surface area contributed by atoms with Crippen molar-refractivity contribution in [2.75, 3.05) is 25.6 Å². The molecule has 0 aliphatic rings. The number of nitrogens with zero attached hydrogens (tertiary/aromatic N) is 5. The van der Waals surface area contributed by atoms with Crippen molar-refractivity contribution in [1.82, 2.24) is 23.8 Å². The van der Waals surface area contributed by atoms with Crippen LogP contribution in [0.15, 0.2) is 63.1 Å². The van der Waals surface area contributed by atoms with Crippen LogP contribution in [0.5, 0.6) is 0 Å². The van der Waals surface area contributed by atoms with Crippen molar-refractivity contribution in [1.29, 1.82) is 0 Å². The quantitative estimate of drug-likeness (QED) is 0.313. The predicted molar refractivity (Wildman–Crippen MR) is 122 cm³/mol. The number of imidazole rings is 1. The van der Waals surface area contributed by atoms with Crippen molar-refractivity contribution in [3.8, 4) is 0 Å². The van der Waals surface area contributed by atoms with Crippen molar-refractivity contribution in [3.05, 3.63) is 75.4 Å². The van der Waals surface area contributed by atoms with Crippen molar-refractivity contribution < 1.29 is 23.6 Å². The van der Waals surface area contributed by atoms with Crippen LogP contribution in [0.3, 0.4) is 0 Å². The van der Waals surface area contributed by atoms with Gasteiger partial charge in [0.05, 0.1) is 19.5 Å². The Bertz CT molecular complexity index is 1440. The van der Waals surface area contributed by atoms with E-state index in [9.17, 15) is 19.2 Å². The highest BCUT2D eigenvalue weighted by Gasteiger charge is 2.21. The molecular formula is C22H22N6O7. The molecule has 0 radical (unpaired) electrons. The number of carbonyl (C=O) groups is 2. The number of amides is 1. The fourth-order valence-corrected chi connectivity index (χ4v) is 3.42. The first-order valence-electron chi connectivity index (χ1n) is 10.5. The number of esters is 1. The van der Waals surface area contributed by atoms with Crippen LogP contribution in [-0.2, 0) is 38.7 Å². The fourth-order valence-electron chi connectivity index (χ4n) is 3.42. The van der Waals surface area contributed by atoms with Crippen LogP contribution in [-0.4, -0.2) is 56.0 Å². The average molecular weight is 482 g/mol. The Morgan fingerprint density at radius 3 is 2.63 bits per heavy atom. The first-order valence-corrected chi connectivity index (χ1v) is 10.5. The summed E-state index contributed by atoms with van der Waals surface area (Å²) in [6.45, 7) is -0.557. The van der Waals surface area contributed by atoms with Gasteiger partial charge < -0.3 is 23.9 Å². The van der Waals surface area contributed by atoms with Gasteiger partial charge in [-0.1, -0.05) is 35.5 Å². The molecule has 3 aromatic heterocycles. The molecule has 0 fully saturated rings. The van der Waals surface area contributed by atoms with Gasteiger partial charge in [0, 0.05) is 19.7 Å². The molecule has 1 aromatic carbocycles. The van der Waals surface area contributed by atoms with Gasteiger partial charge >= 0.3 is 11.7 Å². The van der Waals surface area contributed by atoms with Gasteiger partial charge in [-0.25, -0.2) is 14.3 Å². The number of hydrogen-bond donors (Lipinski definition) is 1. The fraction of sp³-hybridized carbons (Fsp3) is 0.273. The number of carbonyl (C=O) groups excluding carboxylic acids is 2. The summed E-state index contributed by atoms with van der Waals surface area (Å²) < 4.78 is 18.3. The van der Waals surface area contributed by atoms with Crippen molar-refractivity contribution in [2.45, 2.75) is 19.6 Å². The molecule has 0 bridgehead atoms.